The molecule has 0 bridgehead atoms. The van der Waals surface area contributed by atoms with Crippen molar-refractivity contribution in [3.05, 3.63) is 65.7 Å². The summed E-state index contributed by atoms with van der Waals surface area (Å²) in [6.45, 7) is 3.54. The van der Waals surface area contributed by atoms with Crippen LogP contribution in [0.5, 0.6) is 0 Å². The predicted octanol–water partition coefficient (Wildman–Crippen LogP) is 3.78. The van der Waals surface area contributed by atoms with Crippen molar-refractivity contribution in [3.63, 3.8) is 0 Å². The summed E-state index contributed by atoms with van der Waals surface area (Å²) in [7, 11) is 0. The molecule has 2 aromatic carbocycles. The zero-order chi connectivity index (χ0) is 19.9. The minimum Gasteiger partial charge on any atom is -0.320 e. The molecule has 1 fully saturated rings. The number of amides is 4. The summed E-state index contributed by atoms with van der Waals surface area (Å²) in [5, 5.41) is 2.92. The molecule has 6 heteroatoms. The maximum absolute atomic E-state index is 12.7. The molecule has 0 spiro atoms. The summed E-state index contributed by atoms with van der Waals surface area (Å²) in [6.07, 6.45) is 1.46. The molecule has 1 aliphatic heterocycles. The van der Waals surface area contributed by atoms with Gasteiger partial charge in [-0.2, -0.15) is 0 Å². The average Bonchev–Trinajstić information content (AvgIpc) is 3.02. The number of urea groups is 1. The number of hydrogen-bond acceptors (Lipinski definition) is 3. The van der Waals surface area contributed by atoms with Gasteiger partial charge < -0.3 is 10.2 Å². The van der Waals surface area contributed by atoms with E-state index in [0.29, 0.717) is 31.6 Å². The van der Waals surface area contributed by atoms with Gasteiger partial charge in [-0.15, -0.1) is 0 Å². The smallest absolute Gasteiger partial charge is 0.320 e. The van der Waals surface area contributed by atoms with Crippen molar-refractivity contribution in [2.24, 2.45) is 0 Å². The van der Waals surface area contributed by atoms with Gasteiger partial charge in [0.1, 0.15) is 0 Å². The standard InChI is InChI=1S/C22H25N3O3/c1-2-14-24(15-17-6-4-3-5-7-17)22(28)23-19-10-8-18(9-11-19)16-25-20(26)12-13-21(25)27/h3-11H,2,12-16H2,1H3,(H,23,28). The average molecular weight is 379 g/mol. The van der Waals surface area contributed by atoms with Crippen LogP contribution in [0, 0.1) is 0 Å². The van der Waals surface area contributed by atoms with Gasteiger partial charge >= 0.3 is 6.03 Å². The summed E-state index contributed by atoms with van der Waals surface area (Å²) in [5.41, 5.74) is 2.62. The second kappa shape index (κ2) is 9.17. The summed E-state index contributed by atoms with van der Waals surface area (Å²) in [6, 6.07) is 17.0. The Kier molecular flexibility index (Phi) is 6.42. The van der Waals surface area contributed by atoms with E-state index in [1.165, 1.54) is 4.90 Å². The highest BCUT2D eigenvalue weighted by Gasteiger charge is 2.28. The third-order valence-corrected chi connectivity index (χ3v) is 4.70. The zero-order valence-electron chi connectivity index (χ0n) is 16.1. The fourth-order valence-electron chi connectivity index (χ4n) is 3.20. The number of rotatable bonds is 7. The van der Waals surface area contributed by atoms with Gasteiger partial charge in [0.05, 0.1) is 6.54 Å². The number of nitrogens with zero attached hydrogens (tertiary/aromatic N) is 2. The van der Waals surface area contributed by atoms with Crippen LogP contribution in [0.25, 0.3) is 0 Å². The number of nitrogens with one attached hydrogen (secondary N) is 1. The Morgan fingerprint density at radius 1 is 0.964 bits per heavy atom. The van der Waals surface area contributed by atoms with Crippen molar-refractivity contribution in [2.45, 2.75) is 39.3 Å². The van der Waals surface area contributed by atoms with Gasteiger partial charge in [0, 0.05) is 31.6 Å². The van der Waals surface area contributed by atoms with Gasteiger partial charge in [-0.25, -0.2) is 4.79 Å². The lowest BCUT2D eigenvalue weighted by Gasteiger charge is -2.23. The van der Waals surface area contributed by atoms with Gasteiger partial charge in [0.25, 0.3) is 0 Å². The molecule has 0 unspecified atom stereocenters. The quantitative estimate of drug-likeness (QED) is 0.745. The maximum Gasteiger partial charge on any atom is 0.322 e. The van der Waals surface area contributed by atoms with Gasteiger partial charge in [-0.05, 0) is 29.7 Å². The second-order valence-corrected chi connectivity index (χ2v) is 6.91. The number of benzene rings is 2. The van der Waals surface area contributed by atoms with Gasteiger partial charge in [0.15, 0.2) is 0 Å². The van der Waals surface area contributed by atoms with Crippen LogP contribution in [0.2, 0.25) is 0 Å². The number of carbonyl (C=O) groups is 3. The third-order valence-electron chi connectivity index (χ3n) is 4.70. The third kappa shape index (κ3) is 4.97. The summed E-state index contributed by atoms with van der Waals surface area (Å²) in [5.74, 6) is -0.253. The molecule has 6 nitrogen and oxygen atoms in total. The molecule has 0 aromatic heterocycles. The molecule has 1 heterocycles. The summed E-state index contributed by atoms with van der Waals surface area (Å²) < 4.78 is 0. The molecule has 0 saturated carbocycles. The summed E-state index contributed by atoms with van der Waals surface area (Å²) in [4.78, 5) is 39.2. The number of hydrogen-bond donors (Lipinski definition) is 1. The molecule has 4 amide bonds. The second-order valence-electron chi connectivity index (χ2n) is 6.91. The first-order valence-corrected chi connectivity index (χ1v) is 9.59. The molecule has 1 aliphatic rings. The molecule has 3 rings (SSSR count). The first-order chi connectivity index (χ1) is 13.6. The van der Waals surface area contributed by atoms with Crippen LogP contribution in [0.1, 0.15) is 37.3 Å². The van der Waals surface area contributed by atoms with Gasteiger partial charge in [-0.3, -0.25) is 14.5 Å². The van der Waals surface area contributed by atoms with Crippen molar-refractivity contribution in [2.75, 3.05) is 11.9 Å². The van der Waals surface area contributed by atoms with Gasteiger partial charge in [-0.1, -0.05) is 49.4 Å². The van der Waals surface area contributed by atoms with Crippen LogP contribution in [0.4, 0.5) is 10.5 Å². The SMILES string of the molecule is CCCN(Cc1ccccc1)C(=O)Nc1ccc(CN2C(=O)CCC2=O)cc1. The number of carbonyl (C=O) groups excluding carboxylic acids is 3. The van der Waals surface area contributed by atoms with E-state index in [-0.39, 0.29) is 24.4 Å². The number of likely N-dealkylation sites (tertiary alicyclic amines) is 1. The van der Waals surface area contributed by atoms with E-state index in [9.17, 15) is 14.4 Å². The van der Waals surface area contributed by atoms with Crippen LogP contribution >= 0.6 is 0 Å². The molecule has 2 aromatic rings. The lowest BCUT2D eigenvalue weighted by atomic mass is 10.2. The molecule has 28 heavy (non-hydrogen) atoms. The molecular formula is C22H25N3O3. The highest BCUT2D eigenvalue weighted by molar-refractivity contribution is 6.01. The maximum atomic E-state index is 12.7. The molecule has 0 atom stereocenters. The van der Waals surface area contributed by atoms with Crippen molar-refractivity contribution >= 4 is 23.5 Å². The lowest BCUT2D eigenvalue weighted by molar-refractivity contribution is -0.139. The topological polar surface area (TPSA) is 69.7 Å². The normalized spacial score (nSPS) is 13.7. The van der Waals surface area contributed by atoms with E-state index in [2.05, 4.69) is 5.32 Å². The van der Waals surface area contributed by atoms with Crippen molar-refractivity contribution < 1.29 is 14.4 Å². The lowest BCUT2D eigenvalue weighted by Crippen LogP contribution is -2.35. The van der Waals surface area contributed by atoms with E-state index < -0.39 is 0 Å². The summed E-state index contributed by atoms with van der Waals surface area (Å²) >= 11 is 0. The Hall–Kier alpha value is -3.15. The van der Waals surface area contributed by atoms with E-state index in [4.69, 9.17) is 0 Å². The Labute approximate surface area is 165 Å². The van der Waals surface area contributed by atoms with E-state index in [1.807, 2.05) is 49.4 Å². The Balaban J connectivity index is 1.60. The number of anilines is 1. The molecule has 146 valence electrons. The van der Waals surface area contributed by atoms with Gasteiger partial charge in [0.2, 0.25) is 11.8 Å². The van der Waals surface area contributed by atoms with Crippen LogP contribution in [-0.2, 0) is 22.7 Å². The Bertz CT molecular complexity index is 818. The minimum atomic E-state index is -0.150. The minimum absolute atomic E-state index is 0.126. The molecule has 0 radical (unpaired) electrons. The van der Waals surface area contributed by atoms with Crippen LogP contribution in [-0.4, -0.2) is 34.2 Å². The van der Waals surface area contributed by atoms with Crippen LogP contribution < -0.4 is 5.32 Å². The largest absolute Gasteiger partial charge is 0.322 e. The first-order valence-electron chi connectivity index (χ1n) is 9.59. The molecular weight excluding hydrogens is 354 g/mol. The van der Waals surface area contributed by atoms with E-state index >= 15 is 0 Å². The van der Waals surface area contributed by atoms with Crippen molar-refractivity contribution in [1.29, 1.82) is 0 Å². The van der Waals surface area contributed by atoms with Crippen LogP contribution in [0.3, 0.4) is 0 Å². The highest BCUT2D eigenvalue weighted by atomic mass is 16.2. The fraction of sp³-hybridized carbons (Fsp3) is 0.318. The van der Waals surface area contributed by atoms with Crippen molar-refractivity contribution in [1.82, 2.24) is 9.80 Å². The fourth-order valence-corrected chi connectivity index (χ4v) is 3.20. The first kappa shape index (κ1) is 19.6. The number of imide groups is 1. The van der Waals surface area contributed by atoms with E-state index in [1.54, 1.807) is 17.0 Å². The Morgan fingerprint density at radius 2 is 1.61 bits per heavy atom. The zero-order valence-corrected chi connectivity index (χ0v) is 16.1. The van der Waals surface area contributed by atoms with Crippen molar-refractivity contribution in [3.8, 4) is 0 Å². The predicted molar refractivity (Wildman–Crippen MR) is 107 cm³/mol. The Morgan fingerprint density at radius 3 is 2.21 bits per heavy atom. The van der Waals surface area contributed by atoms with Crippen LogP contribution in [0.15, 0.2) is 54.6 Å². The molecule has 1 N–H and O–H groups in total. The monoisotopic (exact) mass is 379 g/mol. The molecule has 1 saturated heterocycles. The van der Waals surface area contributed by atoms with E-state index in [0.717, 1.165) is 17.5 Å². The molecule has 0 aliphatic carbocycles. The highest BCUT2D eigenvalue weighted by Crippen LogP contribution is 2.18.